The number of nitrogens with zero attached hydrogens (tertiary/aromatic N) is 1. The molecule has 1 unspecified atom stereocenters. The van der Waals surface area contributed by atoms with E-state index in [1.807, 2.05) is 0 Å². The zero-order chi connectivity index (χ0) is 15.0. The van der Waals surface area contributed by atoms with Crippen LogP contribution in [-0.2, 0) is 6.54 Å². The van der Waals surface area contributed by atoms with Gasteiger partial charge in [0.1, 0.15) is 0 Å². The van der Waals surface area contributed by atoms with Gasteiger partial charge in [-0.25, -0.2) is 0 Å². The summed E-state index contributed by atoms with van der Waals surface area (Å²) in [5.41, 5.74) is 3.27. The first-order chi connectivity index (χ1) is 9.93. The Labute approximate surface area is 137 Å². The van der Waals surface area contributed by atoms with Crippen LogP contribution in [0.5, 0.6) is 0 Å². The van der Waals surface area contributed by atoms with Gasteiger partial charge in [-0.05, 0) is 48.3 Å². The molecule has 1 aromatic carbocycles. The van der Waals surface area contributed by atoms with E-state index in [0.29, 0.717) is 5.41 Å². The van der Waals surface area contributed by atoms with E-state index in [1.54, 1.807) is 0 Å². The Morgan fingerprint density at radius 2 is 2.00 bits per heavy atom. The molecule has 1 saturated carbocycles. The van der Waals surface area contributed by atoms with Crippen molar-refractivity contribution < 1.29 is 0 Å². The van der Waals surface area contributed by atoms with E-state index in [4.69, 9.17) is 0 Å². The van der Waals surface area contributed by atoms with Gasteiger partial charge in [-0.2, -0.15) is 0 Å². The predicted molar refractivity (Wildman–Crippen MR) is 93.8 cm³/mol. The van der Waals surface area contributed by atoms with Crippen molar-refractivity contribution in [2.24, 2.45) is 11.3 Å². The van der Waals surface area contributed by atoms with E-state index in [0.717, 1.165) is 18.5 Å². The van der Waals surface area contributed by atoms with Gasteiger partial charge >= 0.3 is 0 Å². The normalized spacial score (nSPS) is 22.9. The second-order valence-corrected chi connectivity index (χ2v) is 8.64. The van der Waals surface area contributed by atoms with Crippen LogP contribution in [0.3, 0.4) is 0 Å². The molecular formula is C18H27BrN2. The van der Waals surface area contributed by atoms with Crippen LogP contribution < -0.4 is 10.2 Å². The predicted octanol–water partition coefficient (Wildman–Crippen LogP) is 4.57. The first-order valence-electron chi connectivity index (χ1n) is 8.20. The molecule has 1 aliphatic heterocycles. The fourth-order valence-electron chi connectivity index (χ4n) is 3.21. The fourth-order valence-corrected chi connectivity index (χ4v) is 3.56. The number of hydrogen-bond donors (Lipinski definition) is 1. The minimum absolute atomic E-state index is 0.410. The summed E-state index contributed by atoms with van der Waals surface area (Å²) in [6.07, 6.45) is 4.01. The highest BCUT2D eigenvalue weighted by atomic mass is 79.9. The number of nitrogens with one attached hydrogen (secondary N) is 1. The highest BCUT2D eigenvalue weighted by Gasteiger charge is 2.32. The molecule has 0 bridgehead atoms. The van der Waals surface area contributed by atoms with Crippen molar-refractivity contribution in [3.05, 3.63) is 28.2 Å². The zero-order valence-corrected chi connectivity index (χ0v) is 15.0. The quantitative estimate of drug-likeness (QED) is 0.855. The van der Waals surface area contributed by atoms with Gasteiger partial charge in [0.15, 0.2) is 0 Å². The number of halogens is 1. The molecule has 3 heteroatoms. The van der Waals surface area contributed by atoms with Crippen molar-refractivity contribution in [1.29, 1.82) is 0 Å². The minimum Gasteiger partial charge on any atom is -0.371 e. The Hall–Kier alpha value is -0.540. The maximum absolute atomic E-state index is 3.66. The van der Waals surface area contributed by atoms with Gasteiger partial charge in [-0.3, -0.25) is 0 Å². The maximum Gasteiger partial charge on any atom is 0.0423 e. The van der Waals surface area contributed by atoms with E-state index in [1.165, 1.54) is 48.1 Å². The molecule has 2 nitrogen and oxygen atoms in total. The summed E-state index contributed by atoms with van der Waals surface area (Å²) in [6, 6.07) is 7.52. The van der Waals surface area contributed by atoms with E-state index in [2.05, 4.69) is 65.1 Å². The molecule has 1 N–H and O–H groups in total. The Bertz CT molecular complexity index is 502. The van der Waals surface area contributed by atoms with Crippen LogP contribution in [0.25, 0.3) is 0 Å². The first kappa shape index (κ1) is 15.4. The van der Waals surface area contributed by atoms with Gasteiger partial charge in [0, 0.05) is 35.8 Å². The number of hydrogen-bond acceptors (Lipinski definition) is 2. The Kier molecular flexibility index (Phi) is 4.33. The zero-order valence-electron chi connectivity index (χ0n) is 13.5. The van der Waals surface area contributed by atoms with Gasteiger partial charge in [0.2, 0.25) is 0 Å². The summed E-state index contributed by atoms with van der Waals surface area (Å²) in [4.78, 5) is 2.59. The molecule has 1 atom stereocenters. The van der Waals surface area contributed by atoms with Crippen LogP contribution in [0.15, 0.2) is 22.7 Å². The standard InChI is InChI=1S/C18H27BrN2/c1-18(2,3)14-8-9-21(12-14)17-10-15(19)5-4-13(17)11-20-16-6-7-16/h4-5,10,14,16,20H,6-9,11-12H2,1-3H3. The van der Waals surface area contributed by atoms with Crippen molar-refractivity contribution in [2.45, 2.75) is 52.6 Å². The monoisotopic (exact) mass is 350 g/mol. The molecule has 0 amide bonds. The highest BCUT2D eigenvalue weighted by Crippen LogP contribution is 2.37. The molecular weight excluding hydrogens is 324 g/mol. The van der Waals surface area contributed by atoms with Gasteiger partial charge < -0.3 is 10.2 Å². The van der Waals surface area contributed by atoms with Crippen LogP contribution >= 0.6 is 15.9 Å². The largest absolute Gasteiger partial charge is 0.371 e. The third kappa shape index (κ3) is 3.81. The third-order valence-electron chi connectivity index (χ3n) is 4.96. The Balaban J connectivity index is 1.75. The van der Waals surface area contributed by atoms with Crippen molar-refractivity contribution >= 4 is 21.6 Å². The van der Waals surface area contributed by atoms with Crippen molar-refractivity contribution in [1.82, 2.24) is 5.32 Å². The molecule has 2 fully saturated rings. The van der Waals surface area contributed by atoms with E-state index < -0.39 is 0 Å². The number of anilines is 1. The van der Waals surface area contributed by atoms with Crippen LogP contribution in [0.4, 0.5) is 5.69 Å². The molecule has 1 aromatic rings. The van der Waals surface area contributed by atoms with Gasteiger partial charge in [0.05, 0.1) is 0 Å². The summed E-state index contributed by atoms with van der Waals surface area (Å²) in [6.45, 7) is 10.5. The molecule has 1 saturated heterocycles. The Morgan fingerprint density at radius 3 is 2.62 bits per heavy atom. The molecule has 0 radical (unpaired) electrons. The maximum atomic E-state index is 3.66. The van der Waals surface area contributed by atoms with Crippen molar-refractivity contribution in [2.75, 3.05) is 18.0 Å². The smallest absolute Gasteiger partial charge is 0.0423 e. The molecule has 2 aliphatic rings. The van der Waals surface area contributed by atoms with Crippen molar-refractivity contribution in [3.8, 4) is 0 Å². The summed E-state index contributed by atoms with van der Waals surface area (Å²) in [5, 5.41) is 3.66. The van der Waals surface area contributed by atoms with E-state index in [9.17, 15) is 0 Å². The average molecular weight is 351 g/mol. The summed E-state index contributed by atoms with van der Waals surface area (Å²) >= 11 is 3.64. The molecule has 1 aliphatic carbocycles. The average Bonchev–Trinajstić information content (AvgIpc) is 3.10. The summed E-state index contributed by atoms with van der Waals surface area (Å²) < 4.78 is 1.19. The lowest BCUT2D eigenvalue weighted by atomic mass is 9.80. The van der Waals surface area contributed by atoms with Crippen molar-refractivity contribution in [3.63, 3.8) is 0 Å². The SMILES string of the molecule is CC(C)(C)C1CCN(c2cc(Br)ccc2CNC2CC2)C1. The van der Waals surface area contributed by atoms with Crippen LogP contribution in [0.1, 0.15) is 45.6 Å². The lowest BCUT2D eigenvalue weighted by molar-refractivity contribution is 0.263. The second kappa shape index (κ2) is 5.92. The van der Waals surface area contributed by atoms with Crippen LogP contribution in [-0.4, -0.2) is 19.1 Å². The molecule has 1 heterocycles. The summed E-state index contributed by atoms with van der Waals surface area (Å²) in [7, 11) is 0. The fraction of sp³-hybridized carbons (Fsp3) is 0.667. The first-order valence-corrected chi connectivity index (χ1v) is 8.99. The molecule has 0 spiro atoms. The number of benzene rings is 1. The van der Waals surface area contributed by atoms with Crippen LogP contribution in [0, 0.1) is 11.3 Å². The lowest BCUT2D eigenvalue weighted by Crippen LogP contribution is -2.27. The van der Waals surface area contributed by atoms with Gasteiger partial charge in [-0.1, -0.05) is 42.8 Å². The second-order valence-electron chi connectivity index (χ2n) is 7.73. The molecule has 116 valence electrons. The topological polar surface area (TPSA) is 15.3 Å². The molecule has 3 rings (SSSR count). The van der Waals surface area contributed by atoms with E-state index in [-0.39, 0.29) is 0 Å². The highest BCUT2D eigenvalue weighted by molar-refractivity contribution is 9.10. The van der Waals surface area contributed by atoms with Gasteiger partial charge in [-0.15, -0.1) is 0 Å². The molecule has 0 aromatic heterocycles. The number of rotatable bonds is 4. The van der Waals surface area contributed by atoms with Crippen LogP contribution in [0.2, 0.25) is 0 Å². The van der Waals surface area contributed by atoms with Gasteiger partial charge in [0.25, 0.3) is 0 Å². The Morgan fingerprint density at radius 1 is 1.24 bits per heavy atom. The lowest BCUT2D eigenvalue weighted by Gasteiger charge is -2.28. The summed E-state index contributed by atoms with van der Waals surface area (Å²) in [5.74, 6) is 0.792. The minimum atomic E-state index is 0.410. The van der Waals surface area contributed by atoms with E-state index >= 15 is 0 Å². The third-order valence-corrected chi connectivity index (χ3v) is 5.45. The molecule has 21 heavy (non-hydrogen) atoms.